The quantitative estimate of drug-likeness (QED) is 0.687. The molecule has 8 heteroatoms. The lowest BCUT2D eigenvalue weighted by atomic mass is 9.54. The summed E-state index contributed by atoms with van der Waals surface area (Å²) in [4.78, 5) is 11.2. The van der Waals surface area contributed by atoms with Crippen LogP contribution in [0.25, 0.3) is 0 Å². The van der Waals surface area contributed by atoms with Crippen molar-refractivity contribution in [1.82, 2.24) is 4.72 Å². The van der Waals surface area contributed by atoms with Crippen LogP contribution in [0.4, 0.5) is 0 Å². The predicted molar refractivity (Wildman–Crippen MR) is 116 cm³/mol. The molecule has 0 radical (unpaired) electrons. The molecule has 0 saturated heterocycles. The highest BCUT2D eigenvalue weighted by molar-refractivity contribution is 7.85. The maximum absolute atomic E-state index is 12.2. The van der Waals surface area contributed by atoms with E-state index in [2.05, 4.69) is 6.92 Å². The van der Waals surface area contributed by atoms with E-state index in [9.17, 15) is 18.3 Å². The van der Waals surface area contributed by atoms with E-state index in [1.54, 1.807) is 6.07 Å². The van der Waals surface area contributed by atoms with Gasteiger partial charge in [0.05, 0.1) is 12.7 Å². The summed E-state index contributed by atoms with van der Waals surface area (Å²) in [5.74, 6) is 1.24. The number of fused-ring (bicyclic) bond motifs is 5. The van der Waals surface area contributed by atoms with Gasteiger partial charge in [0.1, 0.15) is 0 Å². The molecule has 31 heavy (non-hydrogen) atoms. The minimum atomic E-state index is -4.26. The van der Waals surface area contributed by atoms with Gasteiger partial charge in [-0.25, -0.2) is 4.72 Å². The zero-order valence-corrected chi connectivity index (χ0v) is 19.3. The van der Waals surface area contributed by atoms with Crippen molar-refractivity contribution in [2.24, 2.45) is 17.3 Å². The SMILES string of the molecule is CCOc1cc2c(cc1OS(=O)(=O)NC(C)=O)CCC1C2CCC2(CC)C(O)CCC12. The number of aryl methyl sites for hydroxylation is 1. The standard InChI is InChI=1S/C23H33NO6S/c1-4-23-11-10-16-17(19(23)8-9-22(23)26)7-6-15-12-21(20(29-5-2)13-18(15)16)30-31(27,28)24-14(3)25/h12-13,16-17,19,22,26H,4-11H2,1-3H3,(H,24,25). The molecule has 3 aliphatic carbocycles. The molecule has 1 aromatic rings. The highest BCUT2D eigenvalue weighted by atomic mass is 32.2. The number of hydrogen-bond acceptors (Lipinski definition) is 6. The van der Waals surface area contributed by atoms with Gasteiger partial charge in [0, 0.05) is 6.92 Å². The van der Waals surface area contributed by atoms with E-state index >= 15 is 0 Å². The van der Waals surface area contributed by atoms with E-state index in [-0.39, 0.29) is 17.3 Å². The number of hydrogen-bond donors (Lipinski definition) is 2. The molecule has 0 aromatic heterocycles. The zero-order valence-electron chi connectivity index (χ0n) is 18.5. The second kappa shape index (κ2) is 8.28. The van der Waals surface area contributed by atoms with Crippen LogP contribution in [0.3, 0.4) is 0 Å². The third-order valence-corrected chi connectivity index (χ3v) is 8.82. The van der Waals surface area contributed by atoms with Crippen LogP contribution in [0.15, 0.2) is 12.1 Å². The van der Waals surface area contributed by atoms with Crippen molar-refractivity contribution in [3.05, 3.63) is 23.3 Å². The number of amides is 1. The minimum Gasteiger partial charge on any atom is -0.490 e. The largest absolute Gasteiger partial charge is 0.490 e. The molecule has 0 aliphatic heterocycles. The van der Waals surface area contributed by atoms with E-state index in [0.717, 1.165) is 57.4 Å². The Morgan fingerprint density at radius 3 is 2.65 bits per heavy atom. The first-order chi connectivity index (χ1) is 14.7. The lowest BCUT2D eigenvalue weighted by molar-refractivity contribution is -0.117. The number of ether oxygens (including phenoxy) is 1. The van der Waals surface area contributed by atoms with Gasteiger partial charge < -0.3 is 14.0 Å². The molecule has 2 fully saturated rings. The molecule has 0 spiro atoms. The number of carbonyl (C=O) groups excluding carboxylic acids is 1. The molecule has 4 rings (SSSR count). The Hall–Kier alpha value is -1.80. The molecule has 0 bridgehead atoms. The van der Waals surface area contributed by atoms with Gasteiger partial charge in [0.25, 0.3) is 0 Å². The first-order valence-electron chi connectivity index (χ1n) is 11.4. The van der Waals surface area contributed by atoms with Crippen molar-refractivity contribution in [3.8, 4) is 11.5 Å². The Morgan fingerprint density at radius 2 is 1.97 bits per heavy atom. The van der Waals surface area contributed by atoms with E-state index in [1.165, 1.54) is 5.56 Å². The van der Waals surface area contributed by atoms with Gasteiger partial charge in [-0.3, -0.25) is 4.79 Å². The third-order valence-electron chi connectivity index (χ3n) is 7.89. The topological polar surface area (TPSA) is 102 Å². The third kappa shape index (κ3) is 3.93. The summed E-state index contributed by atoms with van der Waals surface area (Å²) in [5.41, 5.74) is 2.35. The summed E-state index contributed by atoms with van der Waals surface area (Å²) in [6, 6.07) is 3.71. The Balaban J connectivity index is 1.67. The van der Waals surface area contributed by atoms with Crippen molar-refractivity contribution in [1.29, 1.82) is 0 Å². The van der Waals surface area contributed by atoms with Crippen LogP contribution in [0.5, 0.6) is 11.5 Å². The average Bonchev–Trinajstić information content (AvgIpc) is 3.04. The summed E-state index contributed by atoms with van der Waals surface area (Å²) in [6.45, 7) is 5.55. The van der Waals surface area contributed by atoms with Gasteiger partial charge >= 0.3 is 10.3 Å². The van der Waals surface area contributed by atoms with Crippen molar-refractivity contribution in [2.45, 2.75) is 77.7 Å². The molecule has 5 unspecified atom stereocenters. The highest BCUT2D eigenvalue weighted by Crippen LogP contribution is 2.62. The molecule has 2 N–H and O–H groups in total. The fourth-order valence-corrected chi connectivity index (χ4v) is 7.44. The van der Waals surface area contributed by atoms with Gasteiger partial charge in [-0.1, -0.05) is 6.92 Å². The molecule has 0 heterocycles. The molecule has 5 atom stereocenters. The summed E-state index contributed by atoms with van der Waals surface area (Å²) in [6.07, 6.45) is 6.72. The van der Waals surface area contributed by atoms with Crippen molar-refractivity contribution < 1.29 is 27.2 Å². The van der Waals surface area contributed by atoms with Crippen molar-refractivity contribution >= 4 is 16.2 Å². The van der Waals surface area contributed by atoms with Crippen LogP contribution in [0.2, 0.25) is 0 Å². The second-order valence-corrected chi connectivity index (χ2v) is 10.5. The summed E-state index contributed by atoms with van der Waals surface area (Å²) in [7, 11) is -4.26. The lowest BCUT2D eigenvalue weighted by Gasteiger charge is -2.51. The van der Waals surface area contributed by atoms with Crippen LogP contribution >= 0.6 is 0 Å². The summed E-state index contributed by atoms with van der Waals surface area (Å²) < 4.78 is 37.1. The molecule has 7 nitrogen and oxygen atoms in total. The molecule has 1 amide bonds. The van der Waals surface area contributed by atoms with Gasteiger partial charge in [-0.05, 0) is 98.3 Å². The van der Waals surface area contributed by atoms with E-state index in [0.29, 0.717) is 30.1 Å². The number of aliphatic hydroxyl groups excluding tert-OH is 1. The molecule has 1 aromatic carbocycles. The molecule has 3 aliphatic rings. The van der Waals surface area contributed by atoms with Gasteiger partial charge in [0.2, 0.25) is 5.91 Å². The molecule has 172 valence electrons. The number of benzene rings is 1. The van der Waals surface area contributed by atoms with Crippen LogP contribution in [-0.4, -0.2) is 32.1 Å². The van der Waals surface area contributed by atoms with Gasteiger partial charge in [0.15, 0.2) is 11.5 Å². The van der Waals surface area contributed by atoms with Crippen LogP contribution in [0, 0.1) is 17.3 Å². The van der Waals surface area contributed by atoms with E-state index < -0.39 is 16.2 Å². The Kier molecular flexibility index (Phi) is 5.98. The first-order valence-corrected chi connectivity index (χ1v) is 12.8. The number of carbonyl (C=O) groups is 1. The maximum atomic E-state index is 12.2. The number of rotatable bonds is 6. The van der Waals surface area contributed by atoms with E-state index in [4.69, 9.17) is 8.92 Å². The van der Waals surface area contributed by atoms with Crippen molar-refractivity contribution in [2.75, 3.05) is 6.61 Å². The fourth-order valence-electron chi connectivity index (χ4n) is 6.68. The summed E-state index contributed by atoms with van der Waals surface area (Å²) in [5, 5.41) is 10.8. The number of nitrogens with one attached hydrogen (secondary N) is 1. The fraction of sp³-hybridized carbons (Fsp3) is 0.696. The Bertz CT molecular complexity index is 961. The predicted octanol–water partition coefficient (Wildman–Crippen LogP) is 3.45. The summed E-state index contributed by atoms with van der Waals surface area (Å²) >= 11 is 0. The Labute approximate surface area is 184 Å². The van der Waals surface area contributed by atoms with Crippen molar-refractivity contribution in [3.63, 3.8) is 0 Å². The lowest BCUT2D eigenvalue weighted by Crippen LogP contribution is -2.45. The van der Waals surface area contributed by atoms with E-state index in [1.807, 2.05) is 17.7 Å². The maximum Gasteiger partial charge on any atom is 0.409 e. The highest BCUT2D eigenvalue weighted by Gasteiger charge is 2.56. The number of aliphatic hydroxyl groups is 1. The van der Waals surface area contributed by atoms with Gasteiger partial charge in [-0.15, -0.1) is 0 Å². The van der Waals surface area contributed by atoms with Crippen LogP contribution < -0.4 is 13.6 Å². The average molecular weight is 452 g/mol. The van der Waals surface area contributed by atoms with Crippen LogP contribution in [-0.2, 0) is 21.5 Å². The second-order valence-electron chi connectivity index (χ2n) is 9.26. The minimum absolute atomic E-state index is 0.0525. The monoisotopic (exact) mass is 451 g/mol. The first kappa shape index (κ1) is 22.4. The Morgan fingerprint density at radius 1 is 1.19 bits per heavy atom. The molecule has 2 saturated carbocycles. The van der Waals surface area contributed by atoms with Crippen LogP contribution in [0.1, 0.15) is 76.3 Å². The van der Waals surface area contributed by atoms with Gasteiger partial charge in [-0.2, -0.15) is 8.42 Å². The smallest absolute Gasteiger partial charge is 0.409 e. The molecular weight excluding hydrogens is 418 g/mol. The molecular formula is C23H33NO6S. The normalized spacial score (nSPS) is 31.9. The zero-order chi connectivity index (χ0) is 22.4.